The molecule has 0 fully saturated rings. The number of amides is 1. The largest absolute Gasteiger partial charge is 0.481 e. The van der Waals surface area contributed by atoms with E-state index < -0.39 is 6.10 Å². The standard InChI is InChI=1S/C18H20BrNO2/c1-4-17(22-14-10-9-12(2)13(3)11-14)18(21)20-16-8-6-5-7-15(16)19/h5-11,17H,4H2,1-3H3,(H,20,21). The first kappa shape index (κ1) is 16.6. The molecule has 4 heteroatoms. The monoisotopic (exact) mass is 361 g/mol. The van der Waals surface area contributed by atoms with E-state index >= 15 is 0 Å². The summed E-state index contributed by atoms with van der Waals surface area (Å²) in [6, 6.07) is 13.4. The number of anilines is 1. The third-order valence-electron chi connectivity index (χ3n) is 3.55. The minimum atomic E-state index is -0.519. The topological polar surface area (TPSA) is 38.3 Å². The van der Waals surface area contributed by atoms with E-state index in [-0.39, 0.29) is 5.91 Å². The van der Waals surface area contributed by atoms with Crippen molar-refractivity contribution in [1.82, 2.24) is 0 Å². The highest BCUT2D eigenvalue weighted by Gasteiger charge is 2.19. The summed E-state index contributed by atoms with van der Waals surface area (Å²) in [6.45, 7) is 6.02. The van der Waals surface area contributed by atoms with Crippen LogP contribution in [0.15, 0.2) is 46.9 Å². The lowest BCUT2D eigenvalue weighted by Crippen LogP contribution is -2.32. The third-order valence-corrected chi connectivity index (χ3v) is 4.24. The lowest BCUT2D eigenvalue weighted by molar-refractivity contribution is -0.122. The SMILES string of the molecule is CCC(Oc1ccc(C)c(C)c1)C(=O)Nc1ccccc1Br. The first-order valence-electron chi connectivity index (χ1n) is 7.30. The van der Waals surface area contributed by atoms with Crippen LogP contribution in [-0.2, 0) is 4.79 Å². The van der Waals surface area contributed by atoms with Crippen molar-refractivity contribution in [3.05, 3.63) is 58.1 Å². The maximum atomic E-state index is 12.4. The first-order chi connectivity index (χ1) is 10.5. The summed E-state index contributed by atoms with van der Waals surface area (Å²) >= 11 is 3.42. The van der Waals surface area contributed by atoms with Gasteiger partial charge in [0.25, 0.3) is 5.91 Å². The van der Waals surface area contributed by atoms with Crippen LogP contribution >= 0.6 is 15.9 Å². The van der Waals surface area contributed by atoms with Crippen LogP contribution in [0.5, 0.6) is 5.75 Å². The number of halogens is 1. The lowest BCUT2D eigenvalue weighted by atomic mass is 10.1. The third kappa shape index (κ3) is 4.10. The number of nitrogens with one attached hydrogen (secondary N) is 1. The van der Waals surface area contributed by atoms with Crippen LogP contribution in [0.2, 0.25) is 0 Å². The average Bonchev–Trinajstić information content (AvgIpc) is 2.50. The Hall–Kier alpha value is -1.81. The maximum Gasteiger partial charge on any atom is 0.265 e. The summed E-state index contributed by atoms with van der Waals surface area (Å²) in [4.78, 5) is 12.4. The van der Waals surface area contributed by atoms with Gasteiger partial charge in [-0.05, 0) is 71.6 Å². The number of aryl methyl sites for hydroxylation is 2. The first-order valence-corrected chi connectivity index (χ1v) is 8.10. The van der Waals surface area contributed by atoms with Gasteiger partial charge in [0, 0.05) is 4.47 Å². The number of hydrogen-bond acceptors (Lipinski definition) is 2. The summed E-state index contributed by atoms with van der Waals surface area (Å²) in [5, 5.41) is 2.90. The molecular formula is C18H20BrNO2. The van der Waals surface area contributed by atoms with Gasteiger partial charge in [-0.15, -0.1) is 0 Å². The van der Waals surface area contributed by atoms with Crippen molar-refractivity contribution in [2.24, 2.45) is 0 Å². The van der Waals surface area contributed by atoms with Crippen molar-refractivity contribution in [2.75, 3.05) is 5.32 Å². The molecule has 0 aliphatic heterocycles. The van der Waals surface area contributed by atoms with Gasteiger partial charge in [-0.3, -0.25) is 4.79 Å². The molecule has 1 amide bonds. The van der Waals surface area contributed by atoms with Crippen LogP contribution in [-0.4, -0.2) is 12.0 Å². The molecule has 2 aromatic carbocycles. The molecule has 0 heterocycles. The molecule has 0 aliphatic carbocycles. The van der Waals surface area contributed by atoms with Gasteiger partial charge in [-0.25, -0.2) is 0 Å². The summed E-state index contributed by atoms with van der Waals surface area (Å²) < 4.78 is 6.70. The van der Waals surface area contributed by atoms with Gasteiger partial charge < -0.3 is 10.1 Å². The second-order valence-electron chi connectivity index (χ2n) is 5.23. The van der Waals surface area contributed by atoms with Crippen molar-refractivity contribution in [2.45, 2.75) is 33.3 Å². The molecule has 2 rings (SSSR count). The van der Waals surface area contributed by atoms with Crippen molar-refractivity contribution in [3.8, 4) is 5.75 Å². The molecule has 1 unspecified atom stereocenters. The van der Waals surface area contributed by atoms with Gasteiger partial charge >= 0.3 is 0 Å². The second-order valence-corrected chi connectivity index (χ2v) is 6.08. The summed E-state index contributed by atoms with van der Waals surface area (Å²) in [6.07, 6.45) is 0.0812. The Morgan fingerprint density at radius 1 is 1.18 bits per heavy atom. The highest BCUT2D eigenvalue weighted by atomic mass is 79.9. The van der Waals surface area contributed by atoms with Gasteiger partial charge in [-0.1, -0.05) is 25.1 Å². The van der Waals surface area contributed by atoms with E-state index in [1.807, 2.05) is 56.3 Å². The molecule has 1 atom stereocenters. The Balaban J connectivity index is 2.09. The van der Waals surface area contributed by atoms with Crippen LogP contribution in [0.3, 0.4) is 0 Å². The maximum absolute atomic E-state index is 12.4. The zero-order chi connectivity index (χ0) is 16.1. The smallest absolute Gasteiger partial charge is 0.265 e. The van der Waals surface area contributed by atoms with E-state index in [9.17, 15) is 4.79 Å². The number of hydrogen-bond donors (Lipinski definition) is 1. The average molecular weight is 362 g/mol. The van der Waals surface area contributed by atoms with Gasteiger partial charge in [0.15, 0.2) is 6.10 Å². The quantitative estimate of drug-likeness (QED) is 0.825. The Labute approximate surface area is 139 Å². The van der Waals surface area contributed by atoms with Gasteiger partial charge in [0.05, 0.1) is 5.69 Å². The number of para-hydroxylation sites is 1. The van der Waals surface area contributed by atoms with Gasteiger partial charge in [0.1, 0.15) is 5.75 Å². The van der Waals surface area contributed by atoms with E-state index in [0.29, 0.717) is 6.42 Å². The molecule has 2 aromatic rings. The summed E-state index contributed by atoms with van der Waals surface area (Å²) in [5.41, 5.74) is 3.10. The highest BCUT2D eigenvalue weighted by Crippen LogP contribution is 2.23. The number of rotatable bonds is 5. The van der Waals surface area contributed by atoms with E-state index in [4.69, 9.17) is 4.74 Å². The number of ether oxygens (including phenoxy) is 1. The van der Waals surface area contributed by atoms with Crippen molar-refractivity contribution in [1.29, 1.82) is 0 Å². The van der Waals surface area contributed by atoms with Crippen LogP contribution in [0.1, 0.15) is 24.5 Å². The van der Waals surface area contributed by atoms with E-state index in [2.05, 4.69) is 28.2 Å². The van der Waals surface area contributed by atoms with Crippen molar-refractivity contribution >= 4 is 27.5 Å². The molecular weight excluding hydrogens is 342 g/mol. The lowest BCUT2D eigenvalue weighted by Gasteiger charge is -2.18. The van der Waals surface area contributed by atoms with Crippen molar-refractivity contribution in [3.63, 3.8) is 0 Å². The normalized spacial score (nSPS) is 11.8. The molecule has 116 valence electrons. The summed E-state index contributed by atoms with van der Waals surface area (Å²) in [5.74, 6) is 0.574. The Morgan fingerprint density at radius 2 is 1.91 bits per heavy atom. The molecule has 0 bridgehead atoms. The number of benzene rings is 2. The zero-order valence-electron chi connectivity index (χ0n) is 13.0. The highest BCUT2D eigenvalue weighted by molar-refractivity contribution is 9.10. The van der Waals surface area contributed by atoms with E-state index in [1.54, 1.807) is 0 Å². The molecule has 22 heavy (non-hydrogen) atoms. The predicted molar refractivity (Wildman–Crippen MR) is 93.4 cm³/mol. The van der Waals surface area contributed by atoms with Crippen LogP contribution in [0, 0.1) is 13.8 Å². The minimum Gasteiger partial charge on any atom is -0.481 e. The molecule has 0 radical (unpaired) electrons. The fourth-order valence-corrected chi connectivity index (χ4v) is 2.43. The van der Waals surface area contributed by atoms with E-state index in [1.165, 1.54) is 5.56 Å². The van der Waals surface area contributed by atoms with Gasteiger partial charge in [0.2, 0.25) is 0 Å². The molecule has 0 aliphatic rings. The van der Waals surface area contributed by atoms with Gasteiger partial charge in [-0.2, -0.15) is 0 Å². The number of carbonyl (C=O) groups excluding carboxylic acids is 1. The zero-order valence-corrected chi connectivity index (χ0v) is 14.6. The Morgan fingerprint density at radius 3 is 2.55 bits per heavy atom. The van der Waals surface area contributed by atoms with Crippen LogP contribution in [0.4, 0.5) is 5.69 Å². The molecule has 0 spiro atoms. The second kappa shape index (κ2) is 7.45. The molecule has 0 aromatic heterocycles. The molecule has 0 saturated carbocycles. The molecule has 1 N–H and O–H groups in total. The fraction of sp³-hybridized carbons (Fsp3) is 0.278. The van der Waals surface area contributed by atoms with Crippen molar-refractivity contribution < 1.29 is 9.53 Å². The van der Waals surface area contributed by atoms with E-state index in [0.717, 1.165) is 21.5 Å². The number of carbonyl (C=O) groups is 1. The Kier molecular flexibility index (Phi) is 5.61. The molecule has 0 saturated heterocycles. The fourth-order valence-electron chi connectivity index (χ4n) is 2.05. The van der Waals surface area contributed by atoms with Crippen LogP contribution < -0.4 is 10.1 Å². The summed E-state index contributed by atoms with van der Waals surface area (Å²) in [7, 11) is 0. The predicted octanol–water partition coefficient (Wildman–Crippen LogP) is 4.86. The molecule has 3 nitrogen and oxygen atoms in total. The van der Waals surface area contributed by atoms with Crippen LogP contribution in [0.25, 0.3) is 0 Å². The minimum absolute atomic E-state index is 0.146. The Bertz CT molecular complexity index is 670.